The largest absolute Gasteiger partial charge is 0.462 e. The maximum absolute atomic E-state index is 11.3. The van der Waals surface area contributed by atoms with E-state index in [0.29, 0.717) is 5.82 Å². The average Bonchev–Trinajstić information content (AvgIpc) is 2.18. The summed E-state index contributed by atoms with van der Waals surface area (Å²) in [5.74, 6) is -0.0954. The molecule has 0 saturated carbocycles. The first kappa shape index (κ1) is 11.9. The highest BCUT2D eigenvalue weighted by Crippen LogP contribution is 2.13. The van der Waals surface area contributed by atoms with E-state index in [9.17, 15) is 4.79 Å². The summed E-state index contributed by atoms with van der Waals surface area (Å²) < 4.78 is 9.60. The summed E-state index contributed by atoms with van der Waals surface area (Å²) in [6.45, 7) is 2.25. The molecule has 0 bridgehead atoms. The highest BCUT2D eigenvalue weighted by molar-refractivity contribution is 6.32. The molecule has 0 amide bonds. The smallest absolute Gasteiger partial charge is 0.342 e. The van der Waals surface area contributed by atoms with Crippen LogP contribution in [0.25, 0.3) is 0 Å². The van der Waals surface area contributed by atoms with E-state index in [2.05, 4.69) is 9.97 Å². The van der Waals surface area contributed by atoms with Gasteiger partial charge in [0, 0.05) is 13.3 Å². The number of methoxy groups -OCH3 is 1. The number of ether oxygens (including phenoxy) is 2. The van der Waals surface area contributed by atoms with E-state index in [4.69, 9.17) is 21.1 Å². The predicted octanol–water partition coefficient (Wildman–Crippen LogP) is 1.45. The van der Waals surface area contributed by atoms with E-state index in [1.807, 2.05) is 0 Å². The molecular weight excluding hydrogens is 220 g/mol. The fourth-order valence-corrected chi connectivity index (χ4v) is 1.16. The van der Waals surface area contributed by atoms with Gasteiger partial charge in [-0.3, -0.25) is 0 Å². The minimum Gasteiger partial charge on any atom is -0.462 e. The van der Waals surface area contributed by atoms with Crippen LogP contribution in [-0.4, -0.2) is 29.7 Å². The van der Waals surface area contributed by atoms with Crippen molar-refractivity contribution in [2.45, 2.75) is 13.5 Å². The van der Waals surface area contributed by atoms with Crippen molar-refractivity contribution >= 4 is 17.6 Å². The molecule has 1 aromatic rings. The van der Waals surface area contributed by atoms with Gasteiger partial charge in [0.15, 0.2) is 5.82 Å². The Hall–Kier alpha value is -1.20. The number of carbonyl (C=O) groups excluding carboxylic acids is 1. The molecule has 0 N–H and O–H groups in total. The molecule has 6 heteroatoms. The zero-order valence-electron chi connectivity index (χ0n) is 8.49. The summed E-state index contributed by atoms with van der Waals surface area (Å²) >= 11 is 5.79. The third-order valence-corrected chi connectivity index (χ3v) is 1.85. The van der Waals surface area contributed by atoms with E-state index in [1.54, 1.807) is 6.92 Å². The van der Waals surface area contributed by atoms with Gasteiger partial charge < -0.3 is 9.47 Å². The highest BCUT2D eigenvalue weighted by atomic mass is 35.5. The van der Waals surface area contributed by atoms with E-state index >= 15 is 0 Å². The van der Waals surface area contributed by atoms with Crippen LogP contribution in [0.15, 0.2) is 6.20 Å². The molecule has 1 rings (SSSR count). The van der Waals surface area contributed by atoms with Crippen LogP contribution in [-0.2, 0) is 16.1 Å². The van der Waals surface area contributed by atoms with Gasteiger partial charge >= 0.3 is 5.97 Å². The van der Waals surface area contributed by atoms with Gasteiger partial charge in [0.1, 0.15) is 17.3 Å². The molecule has 5 nitrogen and oxygen atoms in total. The molecule has 0 atom stereocenters. The number of aromatic nitrogens is 2. The first-order valence-electron chi connectivity index (χ1n) is 4.36. The summed E-state index contributed by atoms with van der Waals surface area (Å²) in [5.41, 5.74) is 0.165. The fraction of sp³-hybridized carbons (Fsp3) is 0.444. The van der Waals surface area contributed by atoms with Crippen molar-refractivity contribution in [1.29, 1.82) is 0 Å². The Morgan fingerprint density at radius 3 is 2.87 bits per heavy atom. The first-order valence-corrected chi connectivity index (χ1v) is 4.74. The maximum atomic E-state index is 11.3. The second kappa shape index (κ2) is 5.63. The third-order valence-electron chi connectivity index (χ3n) is 1.56. The Morgan fingerprint density at radius 1 is 1.60 bits per heavy atom. The van der Waals surface area contributed by atoms with Crippen molar-refractivity contribution < 1.29 is 14.3 Å². The minimum absolute atomic E-state index is 0.0792. The number of carbonyl (C=O) groups is 1. The van der Waals surface area contributed by atoms with Crippen LogP contribution >= 0.6 is 11.6 Å². The lowest BCUT2D eigenvalue weighted by Gasteiger charge is -2.04. The highest BCUT2D eigenvalue weighted by Gasteiger charge is 2.13. The standard InChI is InChI=1S/C9H11ClN2O3/c1-3-15-9(13)6-4-11-7(5-14-2)12-8(6)10/h4H,3,5H2,1-2H3. The van der Waals surface area contributed by atoms with Crippen LogP contribution in [0.4, 0.5) is 0 Å². The van der Waals surface area contributed by atoms with E-state index in [-0.39, 0.29) is 23.9 Å². The Morgan fingerprint density at radius 2 is 2.33 bits per heavy atom. The molecule has 0 fully saturated rings. The van der Waals surface area contributed by atoms with Gasteiger partial charge in [-0.25, -0.2) is 14.8 Å². The monoisotopic (exact) mass is 230 g/mol. The summed E-state index contributed by atoms with van der Waals surface area (Å²) in [4.78, 5) is 19.1. The minimum atomic E-state index is -0.522. The zero-order chi connectivity index (χ0) is 11.3. The predicted molar refractivity (Wildman–Crippen MR) is 53.7 cm³/mol. The number of halogens is 1. The van der Waals surface area contributed by atoms with Crippen molar-refractivity contribution in [3.8, 4) is 0 Å². The molecule has 0 spiro atoms. The second-order valence-corrected chi connectivity index (χ2v) is 3.00. The normalized spacial score (nSPS) is 10.1. The topological polar surface area (TPSA) is 61.3 Å². The molecule has 0 radical (unpaired) electrons. The van der Waals surface area contributed by atoms with Gasteiger partial charge in [-0.05, 0) is 6.92 Å². The molecule has 1 heterocycles. The molecule has 82 valence electrons. The Labute approximate surface area is 92.4 Å². The average molecular weight is 231 g/mol. The van der Waals surface area contributed by atoms with E-state index in [0.717, 1.165) is 0 Å². The van der Waals surface area contributed by atoms with Gasteiger partial charge in [0.2, 0.25) is 0 Å². The Balaban J connectivity index is 2.87. The number of hydrogen-bond donors (Lipinski definition) is 0. The van der Waals surface area contributed by atoms with Gasteiger partial charge in [0.05, 0.1) is 6.61 Å². The summed E-state index contributed by atoms with van der Waals surface area (Å²) in [7, 11) is 1.52. The lowest BCUT2D eigenvalue weighted by atomic mass is 10.3. The van der Waals surface area contributed by atoms with Crippen LogP contribution in [0.5, 0.6) is 0 Å². The Bertz CT molecular complexity index is 357. The molecular formula is C9H11ClN2O3. The van der Waals surface area contributed by atoms with Crippen molar-refractivity contribution in [1.82, 2.24) is 9.97 Å². The van der Waals surface area contributed by atoms with Crippen LogP contribution in [0, 0.1) is 0 Å². The van der Waals surface area contributed by atoms with Crippen molar-refractivity contribution in [3.63, 3.8) is 0 Å². The molecule has 15 heavy (non-hydrogen) atoms. The van der Waals surface area contributed by atoms with Crippen molar-refractivity contribution in [3.05, 3.63) is 22.7 Å². The lowest BCUT2D eigenvalue weighted by molar-refractivity contribution is 0.0525. The first-order chi connectivity index (χ1) is 7.19. The van der Waals surface area contributed by atoms with Gasteiger partial charge in [-0.2, -0.15) is 0 Å². The SMILES string of the molecule is CCOC(=O)c1cnc(COC)nc1Cl. The molecule has 0 aliphatic carbocycles. The van der Waals surface area contributed by atoms with Crippen LogP contribution in [0.1, 0.15) is 23.1 Å². The molecule has 0 unspecified atom stereocenters. The molecule has 0 aliphatic rings. The van der Waals surface area contributed by atoms with Crippen LogP contribution in [0.2, 0.25) is 5.15 Å². The van der Waals surface area contributed by atoms with Gasteiger partial charge in [-0.15, -0.1) is 0 Å². The maximum Gasteiger partial charge on any atom is 0.342 e. The molecule has 0 aromatic carbocycles. The van der Waals surface area contributed by atoms with E-state index in [1.165, 1.54) is 13.3 Å². The quantitative estimate of drug-likeness (QED) is 0.579. The number of hydrogen-bond acceptors (Lipinski definition) is 5. The molecule has 1 aromatic heterocycles. The summed E-state index contributed by atoms with van der Waals surface area (Å²) in [6.07, 6.45) is 1.34. The Kier molecular flexibility index (Phi) is 4.45. The van der Waals surface area contributed by atoms with E-state index < -0.39 is 5.97 Å². The van der Waals surface area contributed by atoms with Crippen molar-refractivity contribution in [2.75, 3.05) is 13.7 Å². The second-order valence-electron chi connectivity index (χ2n) is 2.64. The summed E-state index contributed by atoms with van der Waals surface area (Å²) in [6, 6.07) is 0. The fourth-order valence-electron chi connectivity index (χ4n) is 0.939. The van der Waals surface area contributed by atoms with Crippen molar-refractivity contribution in [2.24, 2.45) is 0 Å². The number of rotatable bonds is 4. The lowest BCUT2D eigenvalue weighted by Crippen LogP contribution is -2.08. The third kappa shape index (κ3) is 3.14. The summed E-state index contributed by atoms with van der Waals surface area (Å²) in [5, 5.41) is 0.0792. The number of esters is 1. The number of nitrogens with zero attached hydrogens (tertiary/aromatic N) is 2. The van der Waals surface area contributed by atoms with Crippen LogP contribution < -0.4 is 0 Å². The van der Waals surface area contributed by atoms with Crippen LogP contribution in [0.3, 0.4) is 0 Å². The molecule has 0 saturated heterocycles. The van der Waals surface area contributed by atoms with Gasteiger partial charge in [-0.1, -0.05) is 11.6 Å². The van der Waals surface area contributed by atoms with Gasteiger partial charge in [0.25, 0.3) is 0 Å². The molecule has 0 aliphatic heterocycles. The zero-order valence-corrected chi connectivity index (χ0v) is 9.24.